The fourth-order valence-corrected chi connectivity index (χ4v) is 3.80. The third kappa shape index (κ3) is 1.95. The predicted molar refractivity (Wildman–Crippen MR) is 97.6 cm³/mol. The summed E-state index contributed by atoms with van der Waals surface area (Å²) in [7, 11) is 0. The van der Waals surface area contributed by atoms with Crippen LogP contribution in [0.4, 0.5) is 0 Å². The van der Waals surface area contributed by atoms with E-state index in [4.69, 9.17) is 0 Å². The van der Waals surface area contributed by atoms with Crippen molar-refractivity contribution in [2.45, 2.75) is 0 Å². The number of hydrogen-bond acceptors (Lipinski definition) is 4. The van der Waals surface area contributed by atoms with Crippen LogP contribution in [0.25, 0.3) is 37.2 Å². The average molecular weight is 329 g/mol. The highest BCUT2D eigenvalue weighted by Crippen LogP contribution is 2.26. The molecule has 3 aromatic carbocycles. The summed E-state index contributed by atoms with van der Waals surface area (Å²) >= 11 is 1.43. The summed E-state index contributed by atoms with van der Waals surface area (Å²) in [5, 5.41) is 7.97. The Labute approximate surface area is 140 Å². The highest BCUT2D eigenvalue weighted by molar-refractivity contribution is 7.19. The molecule has 2 heterocycles. The SMILES string of the molecule is O=c1c2cc3ccccc3cc2nc2sc(-c3ccccc3)nn12. The maximum atomic E-state index is 12.8. The first-order valence-corrected chi connectivity index (χ1v) is 8.39. The van der Waals surface area contributed by atoms with Crippen LogP contribution in [0.5, 0.6) is 0 Å². The molecule has 0 bridgehead atoms. The summed E-state index contributed by atoms with van der Waals surface area (Å²) < 4.78 is 1.41. The molecule has 0 fully saturated rings. The Morgan fingerprint density at radius 3 is 2.38 bits per heavy atom. The summed E-state index contributed by atoms with van der Waals surface area (Å²) in [6.45, 7) is 0. The van der Waals surface area contributed by atoms with Crippen LogP contribution >= 0.6 is 11.3 Å². The van der Waals surface area contributed by atoms with Crippen molar-refractivity contribution in [2.24, 2.45) is 0 Å². The summed E-state index contributed by atoms with van der Waals surface area (Å²) in [4.78, 5) is 18.1. The lowest BCUT2D eigenvalue weighted by molar-refractivity contribution is 0.920. The van der Waals surface area contributed by atoms with Crippen molar-refractivity contribution in [3.8, 4) is 10.6 Å². The normalized spacial score (nSPS) is 11.5. The zero-order valence-electron chi connectivity index (χ0n) is 12.5. The van der Waals surface area contributed by atoms with E-state index in [2.05, 4.69) is 10.1 Å². The lowest BCUT2D eigenvalue weighted by Crippen LogP contribution is -2.15. The Morgan fingerprint density at radius 1 is 0.875 bits per heavy atom. The first-order valence-electron chi connectivity index (χ1n) is 7.57. The van der Waals surface area contributed by atoms with Gasteiger partial charge in [0.1, 0.15) is 5.01 Å². The number of hydrogen-bond donors (Lipinski definition) is 0. The van der Waals surface area contributed by atoms with Gasteiger partial charge in [0.15, 0.2) is 0 Å². The van der Waals surface area contributed by atoms with Gasteiger partial charge in [-0.1, -0.05) is 65.9 Å². The van der Waals surface area contributed by atoms with Crippen LogP contribution in [0, 0.1) is 0 Å². The summed E-state index contributed by atoms with van der Waals surface area (Å²) in [6.07, 6.45) is 0. The summed E-state index contributed by atoms with van der Waals surface area (Å²) in [5.41, 5.74) is 1.57. The van der Waals surface area contributed by atoms with E-state index in [-0.39, 0.29) is 5.56 Å². The van der Waals surface area contributed by atoms with Crippen molar-refractivity contribution in [3.05, 3.63) is 77.1 Å². The van der Waals surface area contributed by atoms with E-state index >= 15 is 0 Å². The van der Waals surface area contributed by atoms with Gasteiger partial charge in [0.2, 0.25) is 4.96 Å². The van der Waals surface area contributed by atoms with Crippen LogP contribution < -0.4 is 5.56 Å². The predicted octanol–water partition coefficient (Wildman–Crippen LogP) is 4.12. The van der Waals surface area contributed by atoms with Crippen molar-refractivity contribution in [1.82, 2.24) is 14.6 Å². The summed E-state index contributed by atoms with van der Waals surface area (Å²) in [5.74, 6) is 0. The Bertz CT molecular complexity index is 1270. The molecule has 0 radical (unpaired) electrons. The molecule has 0 atom stereocenters. The zero-order valence-corrected chi connectivity index (χ0v) is 13.3. The van der Waals surface area contributed by atoms with Gasteiger partial charge in [-0.15, -0.1) is 0 Å². The lowest BCUT2D eigenvalue weighted by atomic mass is 10.1. The number of nitrogens with zero attached hydrogens (tertiary/aromatic N) is 3. The zero-order chi connectivity index (χ0) is 16.1. The van der Waals surface area contributed by atoms with Gasteiger partial charge in [-0.25, -0.2) is 4.98 Å². The van der Waals surface area contributed by atoms with E-state index in [9.17, 15) is 4.79 Å². The topological polar surface area (TPSA) is 47.3 Å². The first kappa shape index (κ1) is 13.4. The van der Waals surface area contributed by atoms with E-state index < -0.39 is 0 Å². The van der Waals surface area contributed by atoms with Crippen molar-refractivity contribution >= 4 is 38.0 Å². The fraction of sp³-hybridized carbons (Fsp3) is 0. The van der Waals surface area contributed by atoms with Crippen LogP contribution in [-0.2, 0) is 0 Å². The third-order valence-electron chi connectivity index (χ3n) is 4.08. The molecule has 24 heavy (non-hydrogen) atoms. The van der Waals surface area contributed by atoms with Crippen molar-refractivity contribution < 1.29 is 0 Å². The number of aromatic nitrogens is 3. The van der Waals surface area contributed by atoms with E-state index in [1.54, 1.807) is 0 Å². The second-order valence-electron chi connectivity index (χ2n) is 5.60. The van der Waals surface area contributed by atoms with E-state index in [1.807, 2.05) is 66.7 Å². The standard InChI is InChI=1S/C19H11N3OS/c23-18-15-10-13-8-4-5-9-14(13)11-16(15)20-19-22(18)21-17(24-19)12-6-2-1-3-7-12/h1-11H. The molecular formula is C19H11N3OS. The molecule has 0 N–H and O–H groups in total. The maximum Gasteiger partial charge on any atom is 0.283 e. The van der Waals surface area contributed by atoms with Gasteiger partial charge in [0.05, 0.1) is 10.9 Å². The number of benzene rings is 3. The molecule has 0 aliphatic rings. The van der Waals surface area contributed by atoms with Gasteiger partial charge in [-0.3, -0.25) is 4.79 Å². The van der Waals surface area contributed by atoms with Crippen molar-refractivity contribution in [3.63, 3.8) is 0 Å². The average Bonchev–Trinajstić information content (AvgIpc) is 3.06. The van der Waals surface area contributed by atoms with Gasteiger partial charge in [-0.05, 0) is 22.9 Å². The second kappa shape index (κ2) is 4.97. The largest absolute Gasteiger partial charge is 0.283 e. The molecule has 0 unspecified atom stereocenters. The minimum absolute atomic E-state index is 0.126. The van der Waals surface area contributed by atoms with Crippen LogP contribution in [0.3, 0.4) is 0 Å². The Balaban J connectivity index is 1.86. The maximum absolute atomic E-state index is 12.8. The third-order valence-corrected chi connectivity index (χ3v) is 5.04. The van der Waals surface area contributed by atoms with E-state index in [0.29, 0.717) is 15.9 Å². The summed E-state index contributed by atoms with van der Waals surface area (Å²) in [6, 6.07) is 21.7. The van der Waals surface area contributed by atoms with Crippen LogP contribution in [-0.4, -0.2) is 14.6 Å². The van der Waals surface area contributed by atoms with Crippen LogP contribution in [0.1, 0.15) is 0 Å². The molecule has 4 nitrogen and oxygen atoms in total. The Hall–Kier alpha value is -3.05. The smallest absolute Gasteiger partial charge is 0.267 e. The molecule has 114 valence electrons. The molecule has 0 saturated carbocycles. The monoisotopic (exact) mass is 329 g/mol. The van der Waals surface area contributed by atoms with Gasteiger partial charge >= 0.3 is 0 Å². The van der Waals surface area contributed by atoms with Crippen LogP contribution in [0.15, 0.2) is 71.5 Å². The molecule has 0 amide bonds. The fourth-order valence-electron chi connectivity index (χ4n) is 2.89. The van der Waals surface area contributed by atoms with Gasteiger partial charge in [0.25, 0.3) is 5.56 Å². The van der Waals surface area contributed by atoms with Gasteiger partial charge < -0.3 is 0 Å². The van der Waals surface area contributed by atoms with E-state index in [1.165, 1.54) is 15.9 Å². The number of fused-ring (bicyclic) bond motifs is 3. The minimum atomic E-state index is -0.126. The minimum Gasteiger partial charge on any atom is -0.267 e. The lowest BCUT2D eigenvalue weighted by Gasteiger charge is -2.01. The molecule has 5 heteroatoms. The molecule has 0 aliphatic carbocycles. The molecule has 5 rings (SSSR count). The quantitative estimate of drug-likeness (QED) is 0.435. The molecule has 5 aromatic rings. The van der Waals surface area contributed by atoms with Crippen molar-refractivity contribution in [1.29, 1.82) is 0 Å². The Kier molecular flexibility index (Phi) is 2.78. The second-order valence-corrected chi connectivity index (χ2v) is 6.56. The first-order chi connectivity index (χ1) is 11.8. The van der Waals surface area contributed by atoms with Gasteiger partial charge in [0, 0.05) is 5.56 Å². The molecular weight excluding hydrogens is 318 g/mol. The molecule has 0 aliphatic heterocycles. The highest BCUT2D eigenvalue weighted by atomic mass is 32.1. The van der Waals surface area contributed by atoms with Crippen molar-refractivity contribution in [2.75, 3.05) is 0 Å². The molecule has 0 saturated heterocycles. The molecule has 0 spiro atoms. The van der Waals surface area contributed by atoms with Gasteiger partial charge in [-0.2, -0.15) is 9.61 Å². The van der Waals surface area contributed by atoms with E-state index in [0.717, 1.165) is 21.3 Å². The Morgan fingerprint density at radius 2 is 1.58 bits per heavy atom. The molecule has 2 aromatic heterocycles. The highest BCUT2D eigenvalue weighted by Gasteiger charge is 2.12. The van der Waals surface area contributed by atoms with Crippen LogP contribution in [0.2, 0.25) is 0 Å². The number of rotatable bonds is 1.